The number of nitrogens with zero attached hydrogens (tertiary/aromatic N) is 5. The van der Waals surface area contributed by atoms with E-state index in [1.54, 1.807) is 0 Å². The van der Waals surface area contributed by atoms with Crippen LogP contribution in [0.5, 0.6) is 0 Å². The van der Waals surface area contributed by atoms with Gasteiger partial charge in [-0.2, -0.15) is 0 Å². The van der Waals surface area contributed by atoms with Gasteiger partial charge < -0.3 is 19.1 Å². The highest BCUT2D eigenvalue weighted by atomic mass is 16.3. The van der Waals surface area contributed by atoms with E-state index < -0.39 is 0 Å². The molecule has 0 N–H and O–H groups in total. The fourth-order valence-corrected chi connectivity index (χ4v) is 14.1. The van der Waals surface area contributed by atoms with E-state index in [4.69, 9.17) is 9.40 Å². The first-order valence-electron chi connectivity index (χ1n) is 32.3. The van der Waals surface area contributed by atoms with Crippen LogP contribution in [-0.2, 0) is 16.2 Å². The predicted molar refractivity (Wildman–Crippen MR) is 389 cm³/mol. The number of anilines is 9. The van der Waals surface area contributed by atoms with E-state index in [1.165, 1.54) is 49.8 Å². The molecule has 0 aliphatic carbocycles. The number of benzene rings is 12. The normalized spacial score (nSPS) is 13.0. The van der Waals surface area contributed by atoms with Crippen LogP contribution >= 0.6 is 0 Å². The molecular weight excluding hydrogens is 1120 g/mol. The zero-order valence-corrected chi connectivity index (χ0v) is 53.7. The first kappa shape index (κ1) is 56.6. The molecule has 0 atom stereocenters. The number of hydrogen-bond donors (Lipinski definition) is 0. The maximum Gasteiger partial charge on any atom is 0.252 e. The van der Waals surface area contributed by atoms with E-state index >= 15 is 0 Å². The van der Waals surface area contributed by atoms with Gasteiger partial charge in [0, 0.05) is 73.2 Å². The fraction of sp³-hybridized carbons (Fsp3) is 0.141. The van der Waals surface area contributed by atoms with Crippen LogP contribution in [-0.4, -0.2) is 16.3 Å². The molecule has 2 aliphatic rings. The van der Waals surface area contributed by atoms with Crippen molar-refractivity contribution in [3.05, 3.63) is 290 Å². The van der Waals surface area contributed by atoms with E-state index in [1.807, 2.05) is 0 Å². The number of fused-ring (bicyclic) bond motifs is 8. The maximum atomic E-state index is 6.74. The van der Waals surface area contributed by atoms with Gasteiger partial charge >= 0.3 is 0 Å². The van der Waals surface area contributed by atoms with Crippen LogP contribution in [0.25, 0.3) is 72.3 Å². The van der Waals surface area contributed by atoms with Crippen molar-refractivity contribution in [1.82, 2.24) is 9.55 Å². The van der Waals surface area contributed by atoms with Crippen LogP contribution in [0.1, 0.15) is 79.0 Å². The molecule has 4 heterocycles. The molecule has 0 spiro atoms. The lowest BCUT2D eigenvalue weighted by molar-refractivity contribution is 0.590. The molecule has 0 unspecified atom stereocenters. The molecule has 0 saturated carbocycles. The van der Waals surface area contributed by atoms with Gasteiger partial charge in [0.1, 0.15) is 17.0 Å². The smallest absolute Gasteiger partial charge is 0.252 e. The summed E-state index contributed by atoms with van der Waals surface area (Å²) < 4.78 is 9.11. The van der Waals surface area contributed by atoms with Crippen molar-refractivity contribution in [1.29, 1.82) is 0 Å². The quantitative estimate of drug-likeness (QED) is 0.135. The Hall–Kier alpha value is -10.6. The van der Waals surface area contributed by atoms with Gasteiger partial charge in [-0.25, -0.2) is 4.98 Å². The van der Waals surface area contributed by atoms with Gasteiger partial charge in [0.05, 0.1) is 11.0 Å². The molecule has 12 aromatic carbocycles. The van der Waals surface area contributed by atoms with E-state index in [0.717, 1.165) is 107 Å². The molecular formula is C85H72BN5O. The molecule has 14 aromatic rings. The molecule has 6 nitrogen and oxygen atoms in total. The Balaban J connectivity index is 0.981. The van der Waals surface area contributed by atoms with Crippen molar-refractivity contribution in [3.8, 4) is 39.3 Å². The number of imidazole rings is 1. The SMILES string of the molecule is CC(C)(C)c1ccc(-c2ccc(-c3nc4cc5c(cc4n3-c3ccccc3)N(c3ccc4oc6ccc(-c7ccccc7)cc6c4c3)c3cc(C(C)(C)C)cc4c3B5c3ccc(N(c5ccccc5)c5ccccc5)cc3N4c3ccc(C(C)(C)C)cc3)cc2)cc1. The van der Waals surface area contributed by atoms with Gasteiger partial charge in [0.25, 0.3) is 6.71 Å². The molecule has 0 radical (unpaired) electrons. The molecule has 0 saturated heterocycles. The van der Waals surface area contributed by atoms with Crippen LogP contribution in [0, 0.1) is 0 Å². The Morgan fingerprint density at radius 1 is 0.348 bits per heavy atom. The first-order chi connectivity index (χ1) is 44.5. The Kier molecular flexibility index (Phi) is 13.2. The second-order valence-electron chi connectivity index (χ2n) is 28.1. The molecule has 0 amide bonds. The van der Waals surface area contributed by atoms with Gasteiger partial charge in [0.2, 0.25) is 0 Å². The van der Waals surface area contributed by atoms with Crippen molar-refractivity contribution in [2.75, 3.05) is 14.7 Å². The van der Waals surface area contributed by atoms with Crippen LogP contribution in [0.3, 0.4) is 0 Å². The zero-order valence-electron chi connectivity index (χ0n) is 53.7. The molecule has 2 aromatic heterocycles. The summed E-state index contributed by atoms with van der Waals surface area (Å²) in [6.45, 7) is 20.5. The standard InChI is InChI=1S/C85H72BN5O/c1-83(2,3)60-37-34-57(35-38-60)56-30-32-58(33-31-56)82-87-73-53-72-75(54-76(73)91(82)65-28-20-13-21-29-65)90(67-44-47-80-70(51-67)69-48-59(36-46-79(69)92-80)55-22-14-10-15-23-55)78-50-62(85(7,8)9)49-77-81(78)86(72)71-45-43-68(88(63-24-16-11-17-25-63)64-26-18-12-19-27-64)52-74(71)89(77)66-41-39-61(40-42-66)84(4,5)6/h10-54H,1-9H3. The summed E-state index contributed by atoms with van der Waals surface area (Å²) >= 11 is 0. The zero-order chi connectivity index (χ0) is 62.8. The molecule has 92 heavy (non-hydrogen) atoms. The summed E-state index contributed by atoms with van der Waals surface area (Å²) in [4.78, 5) is 13.3. The lowest BCUT2D eigenvalue weighted by atomic mass is 9.33. The van der Waals surface area contributed by atoms with E-state index in [0.29, 0.717) is 0 Å². The van der Waals surface area contributed by atoms with Gasteiger partial charge in [0.15, 0.2) is 0 Å². The fourth-order valence-electron chi connectivity index (χ4n) is 14.1. The van der Waals surface area contributed by atoms with Crippen LogP contribution in [0.2, 0.25) is 0 Å². The van der Waals surface area contributed by atoms with Crippen LogP contribution in [0.15, 0.2) is 277 Å². The third-order valence-corrected chi connectivity index (χ3v) is 19.0. The summed E-state index contributed by atoms with van der Waals surface area (Å²) in [6, 6.07) is 101. The van der Waals surface area contributed by atoms with Gasteiger partial charge in [-0.15, -0.1) is 0 Å². The minimum atomic E-state index is -0.247. The van der Waals surface area contributed by atoms with Crippen molar-refractivity contribution in [3.63, 3.8) is 0 Å². The topological polar surface area (TPSA) is 40.7 Å². The largest absolute Gasteiger partial charge is 0.456 e. The molecule has 2 aliphatic heterocycles. The lowest BCUT2D eigenvalue weighted by Gasteiger charge is -2.45. The summed E-state index contributed by atoms with van der Waals surface area (Å²) in [6.07, 6.45) is 0. The summed E-state index contributed by atoms with van der Waals surface area (Å²) in [5.41, 5.74) is 27.5. The highest BCUT2D eigenvalue weighted by Gasteiger charge is 2.45. The molecule has 16 rings (SSSR count). The number of aromatic nitrogens is 2. The summed E-state index contributed by atoms with van der Waals surface area (Å²) in [5, 5.41) is 2.14. The van der Waals surface area contributed by atoms with E-state index in [9.17, 15) is 0 Å². The Morgan fingerprint density at radius 3 is 1.42 bits per heavy atom. The average molecular weight is 1190 g/mol. The molecule has 7 heteroatoms. The Morgan fingerprint density at radius 2 is 0.826 bits per heavy atom. The number of furan rings is 1. The first-order valence-corrected chi connectivity index (χ1v) is 32.3. The van der Waals surface area contributed by atoms with Crippen molar-refractivity contribution < 1.29 is 4.42 Å². The summed E-state index contributed by atoms with van der Waals surface area (Å²) in [7, 11) is 0. The van der Waals surface area contributed by atoms with Crippen LogP contribution in [0.4, 0.5) is 51.2 Å². The molecule has 0 bridgehead atoms. The number of rotatable bonds is 9. The second kappa shape index (κ2) is 21.5. The monoisotopic (exact) mass is 1190 g/mol. The Labute approximate surface area is 540 Å². The van der Waals surface area contributed by atoms with Crippen LogP contribution < -0.4 is 31.1 Å². The highest BCUT2D eigenvalue weighted by molar-refractivity contribution is 7.00. The molecule has 446 valence electrons. The third-order valence-electron chi connectivity index (χ3n) is 19.0. The predicted octanol–water partition coefficient (Wildman–Crippen LogP) is 21.4. The van der Waals surface area contributed by atoms with E-state index in [2.05, 4.69) is 355 Å². The Bertz CT molecular complexity index is 5090. The lowest BCUT2D eigenvalue weighted by Crippen LogP contribution is -2.61. The highest BCUT2D eigenvalue weighted by Crippen LogP contribution is 2.50. The minimum Gasteiger partial charge on any atom is -0.456 e. The second-order valence-corrected chi connectivity index (χ2v) is 28.1. The molecule has 0 fully saturated rings. The average Bonchev–Trinajstić information content (AvgIpc) is 0.929. The minimum absolute atomic E-state index is 0.0381. The van der Waals surface area contributed by atoms with Crippen molar-refractivity contribution >= 4 is 107 Å². The van der Waals surface area contributed by atoms with Crippen molar-refractivity contribution in [2.24, 2.45) is 0 Å². The van der Waals surface area contributed by atoms with E-state index in [-0.39, 0.29) is 23.0 Å². The van der Waals surface area contributed by atoms with Gasteiger partial charge in [-0.1, -0.05) is 220 Å². The number of para-hydroxylation sites is 3. The maximum absolute atomic E-state index is 6.74. The third kappa shape index (κ3) is 9.68. The van der Waals surface area contributed by atoms with Gasteiger partial charge in [-0.05, 0) is 187 Å². The number of hydrogen-bond acceptors (Lipinski definition) is 5. The van der Waals surface area contributed by atoms with Crippen molar-refractivity contribution in [2.45, 2.75) is 78.6 Å². The van der Waals surface area contributed by atoms with Gasteiger partial charge in [-0.3, -0.25) is 4.57 Å². The summed E-state index contributed by atoms with van der Waals surface area (Å²) in [5.74, 6) is 0.879.